The van der Waals surface area contributed by atoms with Crippen LogP contribution in [0.15, 0.2) is 47.4 Å². The maximum absolute atomic E-state index is 12.2. The SMILES string of the molecule is Cc1cc(C)cc(S(=O)(=O)NCc2ccc(N)cc2)c1. The molecular weight excluding hydrogens is 272 g/mol. The van der Waals surface area contributed by atoms with Gasteiger partial charge < -0.3 is 5.73 Å². The number of nitrogen functional groups attached to an aromatic ring is 1. The Labute approximate surface area is 119 Å². The fraction of sp³-hybridized carbons (Fsp3) is 0.200. The van der Waals surface area contributed by atoms with Crippen molar-refractivity contribution in [3.05, 3.63) is 59.2 Å². The minimum Gasteiger partial charge on any atom is -0.399 e. The van der Waals surface area contributed by atoms with Crippen LogP contribution in [-0.4, -0.2) is 8.42 Å². The Kier molecular flexibility index (Phi) is 4.11. The van der Waals surface area contributed by atoms with Gasteiger partial charge in [0.25, 0.3) is 0 Å². The summed E-state index contributed by atoms with van der Waals surface area (Å²) in [6.07, 6.45) is 0. The van der Waals surface area contributed by atoms with Crippen LogP contribution >= 0.6 is 0 Å². The lowest BCUT2D eigenvalue weighted by Crippen LogP contribution is -2.23. The van der Waals surface area contributed by atoms with Crippen molar-refractivity contribution in [1.29, 1.82) is 0 Å². The molecule has 0 saturated carbocycles. The highest BCUT2D eigenvalue weighted by Crippen LogP contribution is 2.15. The summed E-state index contributed by atoms with van der Waals surface area (Å²) in [5, 5.41) is 0. The third-order valence-electron chi connectivity index (χ3n) is 2.95. The van der Waals surface area contributed by atoms with Crippen molar-refractivity contribution in [3.8, 4) is 0 Å². The van der Waals surface area contributed by atoms with Crippen LogP contribution in [-0.2, 0) is 16.6 Å². The molecule has 0 spiro atoms. The molecule has 5 heteroatoms. The molecule has 106 valence electrons. The summed E-state index contributed by atoms with van der Waals surface area (Å²) in [6, 6.07) is 12.4. The number of hydrogen-bond donors (Lipinski definition) is 2. The second-order valence-electron chi connectivity index (χ2n) is 4.89. The van der Waals surface area contributed by atoms with Gasteiger partial charge in [0.2, 0.25) is 10.0 Å². The maximum atomic E-state index is 12.2. The Morgan fingerprint density at radius 2 is 1.55 bits per heavy atom. The summed E-state index contributed by atoms with van der Waals surface area (Å²) < 4.78 is 27.1. The van der Waals surface area contributed by atoms with Gasteiger partial charge in [-0.3, -0.25) is 0 Å². The molecule has 0 fully saturated rings. The van der Waals surface area contributed by atoms with Crippen molar-refractivity contribution >= 4 is 15.7 Å². The third kappa shape index (κ3) is 3.59. The molecule has 0 aromatic heterocycles. The lowest BCUT2D eigenvalue weighted by Gasteiger charge is -2.09. The quantitative estimate of drug-likeness (QED) is 0.849. The highest BCUT2D eigenvalue weighted by atomic mass is 32.2. The van der Waals surface area contributed by atoms with Crippen LogP contribution in [0.1, 0.15) is 16.7 Å². The number of aryl methyl sites for hydroxylation is 2. The van der Waals surface area contributed by atoms with Gasteiger partial charge in [-0.05, 0) is 54.8 Å². The average Bonchev–Trinajstić information content (AvgIpc) is 2.37. The number of hydrogen-bond acceptors (Lipinski definition) is 3. The first-order valence-electron chi connectivity index (χ1n) is 6.29. The highest BCUT2D eigenvalue weighted by Gasteiger charge is 2.14. The third-order valence-corrected chi connectivity index (χ3v) is 4.33. The first-order valence-corrected chi connectivity index (χ1v) is 7.77. The van der Waals surface area contributed by atoms with Gasteiger partial charge in [0, 0.05) is 12.2 Å². The fourth-order valence-corrected chi connectivity index (χ4v) is 3.19. The molecular formula is C15H18N2O2S. The van der Waals surface area contributed by atoms with E-state index in [4.69, 9.17) is 5.73 Å². The first-order chi connectivity index (χ1) is 9.37. The summed E-state index contributed by atoms with van der Waals surface area (Å²) >= 11 is 0. The average molecular weight is 290 g/mol. The zero-order valence-electron chi connectivity index (χ0n) is 11.6. The van der Waals surface area contributed by atoms with Crippen molar-refractivity contribution in [2.24, 2.45) is 0 Å². The second kappa shape index (κ2) is 5.64. The van der Waals surface area contributed by atoms with E-state index >= 15 is 0 Å². The Morgan fingerprint density at radius 1 is 1.00 bits per heavy atom. The number of rotatable bonds is 4. The molecule has 0 atom stereocenters. The maximum Gasteiger partial charge on any atom is 0.240 e. The number of benzene rings is 2. The van der Waals surface area contributed by atoms with Crippen LogP contribution in [0.4, 0.5) is 5.69 Å². The summed E-state index contributed by atoms with van der Waals surface area (Å²) in [4.78, 5) is 0.297. The van der Waals surface area contributed by atoms with Gasteiger partial charge in [0.15, 0.2) is 0 Å². The van der Waals surface area contributed by atoms with E-state index in [0.717, 1.165) is 16.7 Å². The zero-order chi connectivity index (χ0) is 14.8. The lowest BCUT2D eigenvalue weighted by molar-refractivity contribution is 0.581. The Balaban J connectivity index is 2.16. The molecule has 0 amide bonds. The molecule has 20 heavy (non-hydrogen) atoms. The largest absolute Gasteiger partial charge is 0.399 e. The minimum atomic E-state index is -3.49. The number of nitrogens with one attached hydrogen (secondary N) is 1. The summed E-state index contributed by atoms with van der Waals surface area (Å²) in [5.41, 5.74) is 8.98. The van der Waals surface area contributed by atoms with Gasteiger partial charge in [0.05, 0.1) is 4.90 Å². The molecule has 0 aliphatic rings. The van der Waals surface area contributed by atoms with Gasteiger partial charge in [-0.25, -0.2) is 13.1 Å². The van der Waals surface area contributed by atoms with E-state index < -0.39 is 10.0 Å². The topological polar surface area (TPSA) is 72.2 Å². The van der Waals surface area contributed by atoms with E-state index in [2.05, 4.69) is 4.72 Å². The molecule has 3 N–H and O–H groups in total. The van der Waals surface area contributed by atoms with Crippen LogP contribution < -0.4 is 10.5 Å². The van der Waals surface area contributed by atoms with Crippen molar-refractivity contribution in [2.45, 2.75) is 25.3 Å². The van der Waals surface area contributed by atoms with Gasteiger partial charge in [-0.1, -0.05) is 18.2 Å². The van der Waals surface area contributed by atoms with Gasteiger partial charge >= 0.3 is 0 Å². The van der Waals surface area contributed by atoms with Crippen LogP contribution in [0, 0.1) is 13.8 Å². The predicted molar refractivity (Wildman–Crippen MR) is 80.8 cm³/mol. The molecule has 0 saturated heterocycles. The van der Waals surface area contributed by atoms with E-state index in [1.807, 2.05) is 19.9 Å². The van der Waals surface area contributed by atoms with Crippen LogP contribution in [0.25, 0.3) is 0 Å². The number of sulfonamides is 1. The second-order valence-corrected chi connectivity index (χ2v) is 6.66. The molecule has 4 nitrogen and oxygen atoms in total. The van der Waals surface area contributed by atoms with Crippen LogP contribution in [0.5, 0.6) is 0 Å². The molecule has 0 radical (unpaired) electrons. The van der Waals surface area contributed by atoms with Crippen molar-refractivity contribution in [3.63, 3.8) is 0 Å². The Hall–Kier alpha value is -1.85. The number of nitrogens with two attached hydrogens (primary N) is 1. The molecule has 0 aliphatic heterocycles. The molecule has 0 heterocycles. The smallest absolute Gasteiger partial charge is 0.240 e. The van der Waals surface area contributed by atoms with Gasteiger partial charge in [-0.15, -0.1) is 0 Å². The molecule has 0 aliphatic carbocycles. The van der Waals surface area contributed by atoms with Gasteiger partial charge in [0.1, 0.15) is 0 Å². The molecule has 2 aromatic carbocycles. The highest BCUT2D eigenvalue weighted by molar-refractivity contribution is 7.89. The summed E-state index contributed by atoms with van der Waals surface area (Å²) in [5.74, 6) is 0. The molecule has 0 unspecified atom stereocenters. The van der Waals surface area contributed by atoms with E-state index in [0.29, 0.717) is 10.6 Å². The van der Waals surface area contributed by atoms with E-state index in [1.165, 1.54) is 0 Å². The van der Waals surface area contributed by atoms with Crippen LogP contribution in [0.2, 0.25) is 0 Å². The van der Waals surface area contributed by atoms with Crippen LogP contribution in [0.3, 0.4) is 0 Å². The van der Waals surface area contributed by atoms with E-state index in [1.54, 1.807) is 36.4 Å². The zero-order valence-corrected chi connectivity index (χ0v) is 12.4. The monoisotopic (exact) mass is 290 g/mol. The minimum absolute atomic E-state index is 0.246. The van der Waals surface area contributed by atoms with Crippen molar-refractivity contribution in [2.75, 3.05) is 5.73 Å². The van der Waals surface area contributed by atoms with E-state index in [-0.39, 0.29) is 6.54 Å². The normalized spacial score (nSPS) is 11.5. The summed E-state index contributed by atoms with van der Waals surface area (Å²) in [6.45, 7) is 4.01. The fourth-order valence-electron chi connectivity index (χ4n) is 1.99. The molecule has 2 aromatic rings. The van der Waals surface area contributed by atoms with Crippen molar-refractivity contribution < 1.29 is 8.42 Å². The standard InChI is InChI=1S/C15H18N2O2S/c1-11-7-12(2)9-15(8-11)20(18,19)17-10-13-3-5-14(16)6-4-13/h3-9,17H,10,16H2,1-2H3. The molecule has 0 bridgehead atoms. The Bertz CT molecular complexity index is 687. The van der Waals surface area contributed by atoms with Gasteiger partial charge in [-0.2, -0.15) is 0 Å². The first kappa shape index (κ1) is 14.6. The lowest BCUT2D eigenvalue weighted by atomic mass is 10.2. The number of anilines is 1. The predicted octanol–water partition coefficient (Wildman–Crippen LogP) is 2.36. The summed E-state index contributed by atoms with van der Waals surface area (Å²) in [7, 11) is -3.49. The van der Waals surface area contributed by atoms with E-state index in [9.17, 15) is 8.42 Å². The van der Waals surface area contributed by atoms with Crippen molar-refractivity contribution in [1.82, 2.24) is 4.72 Å². The molecule has 2 rings (SSSR count). The Morgan fingerprint density at radius 3 is 2.10 bits per heavy atom.